The number of rotatable bonds is 7. The van der Waals surface area contributed by atoms with Gasteiger partial charge in [0, 0.05) is 26.1 Å². The lowest BCUT2D eigenvalue weighted by Gasteiger charge is -2.37. The third-order valence-corrected chi connectivity index (χ3v) is 5.76. The summed E-state index contributed by atoms with van der Waals surface area (Å²) in [6, 6.07) is 6.06. The van der Waals surface area contributed by atoms with Crippen molar-refractivity contribution in [1.82, 2.24) is 10.6 Å². The second-order valence-electron chi connectivity index (χ2n) is 7.91. The highest BCUT2D eigenvalue weighted by Gasteiger charge is 2.31. The standard InChI is InChI=1S/C22H35N3O3.HI/c1-2-23-21(25-17-22(11-12-26)9-4-3-5-10-22)24-16-18-7-8-19-20(15-18)28-14-6-13-27-19;/h7-8,15,26H,2-6,9-14,16-17H2,1H3,(H2,23,24,25);1H. The lowest BCUT2D eigenvalue weighted by Crippen LogP contribution is -2.44. The number of aliphatic imine (C=N–C) groups is 1. The Morgan fingerprint density at radius 3 is 2.55 bits per heavy atom. The van der Waals surface area contributed by atoms with Crippen molar-refractivity contribution >= 4 is 29.9 Å². The first-order valence-electron chi connectivity index (χ1n) is 10.8. The van der Waals surface area contributed by atoms with E-state index in [9.17, 15) is 5.11 Å². The van der Waals surface area contributed by atoms with Crippen LogP contribution in [0.3, 0.4) is 0 Å². The van der Waals surface area contributed by atoms with Crippen LogP contribution in [-0.4, -0.2) is 44.0 Å². The highest BCUT2D eigenvalue weighted by molar-refractivity contribution is 14.0. The molecule has 0 amide bonds. The normalized spacial score (nSPS) is 18.3. The molecule has 0 radical (unpaired) electrons. The summed E-state index contributed by atoms with van der Waals surface area (Å²) in [4.78, 5) is 4.77. The summed E-state index contributed by atoms with van der Waals surface area (Å²) in [5.74, 6) is 2.46. The Balaban J connectivity index is 0.00000300. The van der Waals surface area contributed by atoms with Crippen LogP contribution in [0.15, 0.2) is 23.2 Å². The van der Waals surface area contributed by atoms with Crippen molar-refractivity contribution in [3.8, 4) is 11.5 Å². The van der Waals surface area contributed by atoms with E-state index in [2.05, 4.69) is 23.6 Å². The van der Waals surface area contributed by atoms with E-state index < -0.39 is 0 Å². The van der Waals surface area contributed by atoms with Gasteiger partial charge >= 0.3 is 0 Å². The number of guanidine groups is 1. The molecular weight excluding hydrogens is 481 g/mol. The lowest BCUT2D eigenvalue weighted by atomic mass is 9.72. The quantitative estimate of drug-likeness (QED) is 0.291. The number of halogens is 1. The van der Waals surface area contributed by atoms with E-state index in [4.69, 9.17) is 14.5 Å². The Morgan fingerprint density at radius 1 is 1.07 bits per heavy atom. The molecular formula is C22H36IN3O3. The van der Waals surface area contributed by atoms with E-state index in [1.54, 1.807) is 0 Å². The molecule has 0 aromatic heterocycles. The molecule has 6 nitrogen and oxygen atoms in total. The molecule has 0 saturated heterocycles. The van der Waals surface area contributed by atoms with Crippen LogP contribution in [0, 0.1) is 5.41 Å². The fraction of sp³-hybridized carbons (Fsp3) is 0.682. The summed E-state index contributed by atoms with van der Waals surface area (Å²) in [7, 11) is 0. The van der Waals surface area contributed by atoms with Crippen LogP contribution in [0.4, 0.5) is 0 Å². The maximum Gasteiger partial charge on any atom is 0.191 e. The first kappa shape index (κ1) is 24.1. The Bertz CT molecular complexity index is 643. The molecule has 3 rings (SSSR count). The van der Waals surface area contributed by atoms with Gasteiger partial charge in [-0.1, -0.05) is 25.3 Å². The Labute approximate surface area is 191 Å². The molecule has 2 aliphatic rings. The van der Waals surface area contributed by atoms with Gasteiger partial charge in [0.05, 0.1) is 19.8 Å². The number of hydrogen-bond acceptors (Lipinski definition) is 4. The maximum atomic E-state index is 9.53. The number of hydrogen-bond donors (Lipinski definition) is 3. The van der Waals surface area contributed by atoms with Crippen LogP contribution in [0.2, 0.25) is 0 Å². The van der Waals surface area contributed by atoms with Gasteiger partial charge in [0.25, 0.3) is 0 Å². The van der Waals surface area contributed by atoms with Gasteiger partial charge in [-0.2, -0.15) is 0 Å². The van der Waals surface area contributed by atoms with E-state index in [0.29, 0.717) is 19.8 Å². The van der Waals surface area contributed by atoms with Crippen molar-refractivity contribution in [1.29, 1.82) is 0 Å². The van der Waals surface area contributed by atoms with E-state index in [1.165, 1.54) is 32.1 Å². The molecule has 1 aromatic rings. The largest absolute Gasteiger partial charge is 0.490 e. The monoisotopic (exact) mass is 517 g/mol. The van der Waals surface area contributed by atoms with Crippen molar-refractivity contribution < 1.29 is 14.6 Å². The van der Waals surface area contributed by atoms with Crippen LogP contribution in [0.25, 0.3) is 0 Å². The number of aliphatic hydroxyl groups is 1. The zero-order valence-electron chi connectivity index (χ0n) is 17.5. The molecule has 1 fully saturated rings. The van der Waals surface area contributed by atoms with Gasteiger partial charge in [-0.05, 0) is 49.3 Å². The van der Waals surface area contributed by atoms with Crippen LogP contribution < -0.4 is 20.1 Å². The number of fused-ring (bicyclic) bond motifs is 1. The van der Waals surface area contributed by atoms with E-state index in [-0.39, 0.29) is 36.0 Å². The van der Waals surface area contributed by atoms with E-state index >= 15 is 0 Å². The lowest BCUT2D eigenvalue weighted by molar-refractivity contribution is 0.131. The third kappa shape index (κ3) is 7.20. The zero-order valence-corrected chi connectivity index (χ0v) is 19.9. The average molecular weight is 517 g/mol. The third-order valence-electron chi connectivity index (χ3n) is 5.76. The molecule has 1 aliphatic heterocycles. The fourth-order valence-electron chi connectivity index (χ4n) is 4.14. The number of nitrogens with one attached hydrogen (secondary N) is 2. The predicted octanol–water partition coefficient (Wildman–Crippen LogP) is 3.85. The number of ether oxygens (including phenoxy) is 2. The van der Waals surface area contributed by atoms with Crippen LogP contribution >= 0.6 is 24.0 Å². The van der Waals surface area contributed by atoms with Gasteiger partial charge in [-0.15, -0.1) is 24.0 Å². The summed E-state index contributed by atoms with van der Waals surface area (Å²) < 4.78 is 11.5. The molecule has 1 heterocycles. The van der Waals surface area contributed by atoms with Gasteiger partial charge in [-0.3, -0.25) is 0 Å². The fourth-order valence-corrected chi connectivity index (χ4v) is 4.14. The zero-order chi connectivity index (χ0) is 19.7. The summed E-state index contributed by atoms with van der Waals surface area (Å²) in [5.41, 5.74) is 1.29. The second-order valence-corrected chi connectivity index (χ2v) is 7.91. The number of nitrogens with zero attached hydrogens (tertiary/aromatic N) is 1. The SMILES string of the molecule is CCNC(=NCc1ccc2c(c1)OCCCO2)NCC1(CCO)CCCCC1.I. The minimum Gasteiger partial charge on any atom is -0.490 e. The van der Waals surface area contributed by atoms with E-state index in [0.717, 1.165) is 49.0 Å². The van der Waals surface area contributed by atoms with Gasteiger partial charge in [0.15, 0.2) is 17.5 Å². The molecule has 164 valence electrons. The molecule has 0 unspecified atom stereocenters. The maximum absolute atomic E-state index is 9.53. The van der Waals surface area contributed by atoms with Crippen molar-refractivity contribution in [2.75, 3.05) is 32.9 Å². The topological polar surface area (TPSA) is 75.1 Å². The molecule has 1 saturated carbocycles. The van der Waals surface area contributed by atoms with Gasteiger partial charge in [0.2, 0.25) is 0 Å². The molecule has 0 bridgehead atoms. The van der Waals surface area contributed by atoms with Gasteiger partial charge in [-0.25, -0.2) is 4.99 Å². The Morgan fingerprint density at radius 2 is 1.83 bits per heavy atom. The Kier molecular flexibility index (Phi) is 10.3. The molecule has 1 aromatic carbocycles. The summed E-state index contributed by atoms with van der Waals surface area (Å²) >= 11 is 0. The van der Waals surface area contributed by atoms with Crippen molar-refractivity contribution in [2.24, 2.45) is 10.4 Å². The van der Waals surface area contributed by atoms with Crippen molar-refractivity contribution in [3.05, 3.63) is 23.8 Å². The van der Waals surface area contributed by atoms with Crippen LogP contribution in [-0.2, 0) is 6.54 Å². The molecule has 7 heteroatoms. The first-order valence-corrected chi connectivity index (χ1v) is 10.8. The minimum atomic E-state index is 0. The van der Waals surface area contributed by atoms with Crippen LogP contribution in [0.1, 0.15) is 57.4 Å². The van der Waals surface area contributed by atoms with Gasteiger partial charge in [0.1, 0.15) is 0 Å². The molecule has 0 atom stereocenters. The van der Waals surface area contributed by atoms with Crippen LogP contribution in [0.5, 0.6) is 11.5 Å². The minimum absolute atomic E-state index is 0. The first-order chi connectivity index (χ1) is 13.7. The summed E-state index contributed by atoms with van der Waals surface area (Å²) in [6.45, 7) is 5.99. The van der Waals surface area contributed by atoms with Crippen molar-refractivity contribution in [2.45, 2.75) is 58.4 Å². The Hall–Kier alpha value is -1.22. The number of benzene rings is 1. The highest BCUT2D eigenvalue weighted by atomic mass is 127. The molecule has 0 spiro atoms. The van der Waals surface area contributed by atoms with E-state index in [1.807, 2.05) is 12.1 Å². The summed E-state index contributed by atoms with van der Waals surface area (Å²) in [5, 5.41) is 16.4. The average Bonchev–Trinajstić information content (AvgIpc) is 2.96. The molecule has 1 aliphatic carbocycles. The summed E-state index contributed by atoms with van der Waals surface area (Å²) in [6.07, 6.45) is 7.96. The molecule has 29 heavy (non-hydrogen) atoms. The van der Waals surface area contributed by atoms with Crippen molar-refractivity contribution in [3.63, 3.8) is 0 Å². The predicted molar refractivity (Wildman–Crippen MR) is 128 cm³/mol. The second kappa shape index (κ2) is 12.5. The number of aliphatic hydroxyl groups excluding tert-OH is 1. The highest BCUT2D eigenvalue weighted by Crippen LogP contribution is 2.38. The smallest absolute Gasteiger partial charge is 0.191 e. The molecule has 3 N–H and O–H groups in total. The van der Waals surface area contributed by atoms with Gasteiger partial charge < -0.3 is 25.2 Å².